The van der Waals surface area contributed by atoms with Crippen LogP contribution in [0.4, 0.5) is 0 Å². The van der Waals surface area contributed by atoms with E-state index in [1.807, 2.05) is 0 Å². The van der Waals surface area contributed by atoms with E-state index in [1.54, 1.807) is 0 Å². The van der Waals surface area contributed by atoms with Crippen LogP contribution in [0.5, 0.6) is 0 Å². The van der Waals surface area contributed by atoms with Crippen molar-refractivity contribution in [1.82, 2.24) is 10.3 Å². The standard InChI is InChI=1S/C19H26N2/c1-4-14-8-9-19-16(10-14)17(12-20-11-13(2)3)15-6-5-7-18(15)21-19/h8-10,13,20H,4-7,11-12H2,1-3H3. The number of nitrogens with one attached hydrogen (secondary N) is 1. The number of hydrogen-bond donors (Lipinski definition) is 1. The Morgan fingerprint density at radius 2 is 2.10 bits per heavy atom. The number of hydrogen-bond acceptors (Lipinski definition) is 2. The molecule has 21 heavy (non-hydrogen) atoms. The first kappa shape index (κ1) is 14.5. The summed E-state index contributed by atoms with van der Waals surface area (Å²) < 4.78 is 0. The molecular formula is C19H26N2. The maximum Gasteiger partial charge on any atom is 0.0708 e. The van der Waals surface area contributed by atoms with E-state index in [4.69, 9.17) is 4.98 Å². The third-order valence-corrected chi connectivity index (χ3v) is 4.46. The Kier molecular flexibility index (Phi) is 4.25. The number of pyridine rings is 1. The highest BCUT2D eigenvalue weighted by atomic mass is 14.9. The average molecular weight is 282 g/mol. The second-order valence-electron chi connectivity index (χ2n) is 6.60. The third kappa shape index (κ3) is 2.96. The van der Waals surface area contributed by atoms with Crippen LogP contribution in [0, 0.1) is 5.92 Å². The topological polar surface area (TPSA) is 24.9 Å². The van der Waals surface area contributed by atoms with Crippen LogP contribution in [-0.2, 0) is 25.8 Å². The Hall–Kier alpha value is -1.41. The SMILES string of the molecule is CCc1ccc2nc3c(c(CNCC(C)C)c2c1)CCC3. The summed E-state index contributed by atoms with van der Waals surface area (Å²) in [6.07, 6.45) is 4.70. The number of aromatic nitrogens is 1. The zero-order valence-corrected chi connectivity index (χ0v) is 13.5. The summed E-state index contributed by atoms with van der Waals surface area (Å²) in [7, 11) is 0. The van der Waals surface area contributed by atoms with E-state index >= 15 is 0 Å². The number of nitrogens with zero attached hydrogens (tertiary/aromatic N) is 1. The molecule has 2 aromatic rings. The lowest BCUT2D eigenvalue weighted by Crippen LogP contribution is -2.20. The van der Waals surface area contributed by atoms with Crippen molar-refractivity contribution >= 4 is 10.9 Å². The molecule has 1 aromatic carbocycles. The largest absolute Gasteiger partial charge is 0.312 e. The molecule has 1 aromatic heterocycles. The second kappa shape index (κ2) is 6.15. The van der Waals surface area contributed by atoms with Gasteiger partial charge in [0.05, 0.1) is 5.52 Å². The highest BCUT2D eigenvalue weighted by Crippen LogP contribution is 2.30. The minimum absolute atomic E-state index is 0.692. The van der Waals surface area contributed by atoms with Crippen LogP contribution >= 0.6 is 0 Å². The predicted octanol–water partition coefficient (Wildman–Crippen LogP) is 4.03. The maximum absolute atomic E-state index is 4.91. The summed E-state index contributed by atoms with van der Waals surface area (Å²) in [5, 5.41) is 5.00. The fourth-order valence-electron chi connectivity index (χ4n) is 3.31. The summed E-state index contributed by atoms with van der Waals surface area (Å²) in [5.41, 5.74) is 6.95. The number of fused-ring (bicyclic) bond motifs is 2. The van der Waals surface area contributed by atoms with Gasteiger partial charge in [0.25, 0.3) is 0 Å². The van der Waals surface area contributed by atoms with Gasteiger partial charge in [-0.2, -0.15) is 0 Å². The number of benzene rings is 1. The van der Waals surface area contributed by atoms with Gasteiger partial charge in [-0.15, -0.1) is 0 Å². The van der Waals surface area contributed by atoms with E-state index < -0.39 is 0 Å². The molecule has 1 aliphatic carbocycles. The van der Waals surface area contributed by atoms with E-state index in [0.717, 1.165) is 25.9 Å². The van der Waals surface area contributed by atoms with Crippen LogP contribution in [0.1, 0.15) is 49.6 Å². The van der Waals surface area contributed by atoms with Crippen molar-refractivity contribution in [3.05, 3.63) is 40.6 Å². The molecule has 1 heterocycles. The molecule has 0 aliphatic heterocycles. The highest BCUT2D eigenvalue weighted by molar-refractivity contribution is 5.84. The van der Waals surface area contributed by atoms with Crippen molar-refractivity contribution in [3.8, 4) is 0 Å². The molecule has 0 bridgehead atoms. The zero-order chi connectivity index (χ0) is 14.8. The molecule has 2 nitrogen and oxygen atoms in total. The van der Waals surface area contributed by atoms with Crippen molar-refractivity contribution in [2.75, 3.05) is 6.54 Å². The summed E-state index contributed by atoms with van der Waals surface area (Å²) >= 11 is 0. The highest BCUT2D eigenvalue weighted by Gasteiger charge is 2.19. The van der Waals surface area contributed by atoms with Crippen molar-refractivity contribution in [3.63, 3.8) is 0 Å². The van der Waals surface area contributed by atoms with Gasteiger partial charge in [0.1, 0.15) is 0 Å². The van der Waals surface area contributed by atoms with Gasteiger partial charge >= 0.3 is 0 Å². The van der Waals surface area contributed by atoms with Crippen molar-refractivity contribution in [2.24, 2.45) is 5.92 Å². The quantitative estimate of drug-likeness (QED) is 0.895. The van der Waals surface area contributed by atoms with E-state index in [9.17, 15) is 0 Å². The molecule has 3 rings (SSSR count). The Morgan fingerprint density at radius 3 is 2.86 bits per heavy atom. The zero-order valence-electron chi connectivity index (χ0n) is 13.5. The van der Waals surface area contributed by atoms with Gasteiger partial charge in [-0.1, -0.05) is 26.8 Å². The van der Waals surface area contributed by atoms with Gasteiger partial charge in [-0.3, -0.25) is 4.98 Å². The minimum atomic E-state index is 0.692. The lowest BCUT2D eigenvalue weighted by molar-refractivity contribution is 0.552. The Labute approximate surface area is 128 Å². The fraction of sp³-hybridized carbons (Fsp3) is 0.526. The van der Waals surface area contributed by atoms with E-state index in [0.29, 0.717) is 5.92 Å². The first-order valence-electron chi connectivity index (χ1n) is 8.33. The van der Waals surface area contributed by atoms with Crippen LogP contribution in [0.2, 0.25) is 0 Å². The molecule has 0 spiro atoms. The lowest BCUT2D eigenvalue weighted by atomic mass is 9.98. The third-order valence-electron chi connectivity index (χ3n) is 4.46. The molecule has 2 heteroatoms. The number of aryl methyl sites for hydroxylation is 2. The Bertz CT molecular complexity index is 644. The van der Waals surface area contributed by atoms with Gasteiger partial charge in [-0.05, 0) is 67.0 Å². The van der Waals surface area contributed by atoms with Gasteiger partial charge in [0.2, 0.25) is 0 Å². The van der Waals surface area contributed by atoms with Crippen LogP contribution in [-0.4, -0.2) is 11.5 Å². The van der Waals surface area contributed by atoms with E-state index in [1.165, 1.54) is 46.1 Å². The predicted molar refractivity (Wildman–Crippen MR) is 89.7 cm³/mol. The molecule has 0 fully saturated rings. The van der Waals surface area contributed by atoms with Crippen LogP contribution in [0.25, 0.3) is 10.9 Å². The molecule has 1 aliphatic rings. The average Bonchev–Trinajstić information content (AvgIpc) is 2.93. The summed E-state index contributed by atoms with van der Waals surface area (Å²) in [5.74, 6) is 0.692. The van der Waals surface area contributed by atoms with Gasteiger partial charge in [0, 0.05) is 17.6 Å². The molecule has 1 N–H and O–H groups in total. The summed E-state index contributed by atoms with van der Waals surface area (Å²) in [4.78, 5) is 4.91. The van der Waals surface area contributed by atoms with Crippen molar-refractivity contribution in [1.29, 1.82) is 0 Å². The molecule has 0 saturated carbocycles. The molecular weight excluding hydrogens is 256 g/mol. The van der Waals surface area contributed by atoms with E-state index in [2.05, 4.69) is 44.3 Å². The van der Waals surface area contributed by atoms with Crippen molar-refractivity contribution < 1.29 is 0 Å². The van der Waals surface area contributed by atoms with E-state index in [-0.39, 0.29) is 0 Å². The minimum Gasteiger partial charge on any atom is -0.312 e. The Balaban J connectivity index is 2.04. The van der Waals surface area contributed by atoms with Gasteiger partial charge in [-0.25, -0.2) is 0 Å². The molecule has 0 radical (unpaired) electrons. The fourth-order valence-corrected chi connectivity index (χ4v) is 3.31. The molecule has 0 unspecified atom stereocenters. The lowest BCUT2D eigenvalue weighted by Gasteiger charge is -2.15. The van der Waals surface area contributed by atoms with Crippen LogP contribution in [0.15, 0.2) is 18.2 Å². The molecule has 0 atom stereocenters. The smallest absolute Gasteiger partial charge is 0.0708 e. The monoisotopic (exact) mass is 282 g/mol. The first-order chi connectivity index (χ1) is 10.2. The Morgan fingerprint density at radius 1 is 1.24 bits per heavy atom. The van der Waals surface area contributed by atoms with Crippen molar-refractivity contribution in [2.45, 2.75) is 53.0 Å². The summed E-state index contributed by atoms with van der Waals surface area (Å²) in [6, 6.07) is 6.79. The normalized spacial score (nSPS) is 14.1. The molecule has 112 valence electrons. The molecule has 0 saturated heterocycles. The maximum atomic E-state index is 4.91. The first-order valence-corrected chi connectivity index (χ1v) is 8.33. The summed E-state index contributed by atoms with van der Waals surface area (Å²) in [6.45, 7) is 8.80. The van der Waals surface area contributed by atoms with Gasteiger partial charge < -0.3 is 5.32 Å². The van der Waals surface area contributed by atoms with Gasteiger partial charge in [0.15, 0.2) is 0 Å². The second-order valence-corrected chi connectivity index (χ2v) is 6.60. The van der Waals surface area contributed by atoms with Crippen LogP contribution < -0.4 is 5.32 Å². The van der Waals surface area contributed by atoms with Crippen LogP contribution in [0.3, 0.4) is 0 Å². The number of rotatable bonds is 5. The molecule has 0 amide bonds.